The van der Waals surface area contributed by atoms with E-state index < -0.39 is 5.97 Å². The van der Waals surface area contributed by atoms with E-state index in [0.29, 0.717) is 6.42 Å². The third kappa shape index (κ3) is 2.98. The summed E-state index contributed by atoms with van der Waals surface area (Å²) in [6.07, 6.45) is 0.692. The fourth-order valence-electron chi connectivity index (χ4n) is 2.29. The highest BCUT2D eigenvalue weighted by molar-refractivity contribution is 5.85. The molecule has 2 rings (SSSR count). The molecule has 1 N–H and O–H groups in total. The van der Waals surface area contributed by atoms with Crippen LogP contribution in [0, 0.1) is 6.92 Å². The third-order valence-electron chi connectivity index (χ3n) is 3.50. The fraction of sp³-hybridized carbons (Fsp3) is 0.412. The van der Waals surface area contributed by atoms with Crippen molar-refractivity contribution in [1.82, 2.24) is 4.98 Å². The predicted octanol–water partition coefficient (Wildman–Crippen LogP) is 3.86. The van der Waals surface area contributed by atoms with E-state index in [1.807, 2.05) is 25.1 Å². The number of pyridine rings is 1. The van der Waals surface area contributed by atoms with E-state index in [1.165, 1.54) is 0 Å². The first kappa shape index (κ1) is 14.5. The Bertz CT molecular complexity index is 654. The summed E-state index contributed by atoms with van der Waals surface area (Å²) < 4.78 is 0. The molecule has 0 spiro atoms. The maximum Gasteiger partial charge on any atom is 0.303 e. The lowest BCUT2D eigenvalue weighted by Crippen LogP contribution is -2.14. The zero-order valence-corrected chi connectivity index (χ0v) is 12.5. The van der Waals surface area contributed by atoms with E-state index in [9.17, 15) is 4.79 Å². The van der Waals surface area contributed by atoms with Crippen LogP contribution in [0.3, 0.4) is 0 Å². The average molecular weight is 271 g/mol. The predicted molar refractivity (Wildman–Crippen MR) is 81.1 cm³/mol. The summed E-state index contributed by atoms with van der Waals surface area (Å²) in [5.41, 5.74) is 4.16. The molecule has 0 aliphatic carbocycles. The second-order valence-corrected chi connectivity index (χ2v) is 6.28. The minimum atomic E-state index is -0.764. The van der Waals surface area contributed by atoms with Crippen molar-refractivity contribution < 1.29 is 9.90 Å². The van der Waals surface area contributed by atoms with Gasteiger partial charge in [0.1, 0.15) is 0 Å². The molecule has 0 radical (unpaired) electrons. The standard InChI is InChI=1S/C17H21NO2/c1-11-6-5-7-13-12(8-9-15(19)20)10-14(17(2,3)4)18-16(11)13/h5-7,10H,8-9H2,1-4H3,(H,19,20). The summed E-state index contributed by atoms with van der Waals surface area (Å²) >= 11 is 0. The maximum absolute atomic E-state index is 10.8. The SMILES string of the molecule is Cc1cccc2c(CCC(=O)O)cc(C(C)(C)C)nc12. The molecule has 0 bridgehead atoms. The number of rotatable bonds is 3. The van der Waals surface area contributed by atoms with Gasteiger partial charge in [0.05, 0.1) is 5.52 Å². The summed E-state index contributed by atoms with van der Waals surface area (Å²) in [5, 5.41) is 9.98. The van der Waals surface area contributed by atoms with Crippen molar-refractivity contribution in [1.29, 1.82) is 0 Å². The molecule has 0 amide bonds. The molecule has 0 saturated carbocycles. The number of aliphatic carboxylic acids is 1. The molecule has 3 nitrogen and oxygen atoms in total. The van der Waals surface area contributed by atoms with Gasteiger partial charge in [-0.25, -0.2) is 0 Å². The van der Waals surface area contributed by atoms with Crippen molar-refractivity contribution in [2.24, 2.45) is 0 Å². The van der Waals surface area contributed by atoms with Crippen LogP contribution in [0.25, 0.3) is 10.9 Å². The molecular formula is C17H21NO2. The summed E-state index contributed by atoms with van der Waals surface area (Å²) in [6.45, 7) is 8.42. The number of nitrogens with zero attached hydrogens (tertiary/aromatic N) is 1. The van der Waals surface area contributed by atoms with Crippen LogP contribution in [0.15, 0.2) is 24.3 Å². The second kappa shape index (κ2) is 5.23. The van der Waals surface area contributed by atoms with Crippen molar-refractivity contribution in [3.05, 3.63) is 41.1 Å². The molecule has 0 unspecified atom stereocenters. The molecule has 0 aliphatic rings. The molecule has 1 aromatic carbocycles. The number of benzene rings is 1. The Morgan fingerprint density at radius 2 is 2.00 bits per heavy atom. The van der Waals surface area contributed by atoms with Gasteiger partial charge in [0.2, 0.25) is 0 Å². The first-order chi connectivity index (χ1) is 9.29. The van der Waals surface area contributed by atoms with Crippen LogP contribution in [0.2, 0.25) is 0 Å². The van der Waals surface area contributed by atoms with Crippen molar-refractivity contribution in [3.8, 4) is 0 Å². The topological polar surface area (TPSA) is 50.2 Å². The minimum Gasteiger partial charge on any atom is -0.481 e. The highest BCUT2D eigenvalue weighted by Crippen LogP contribution is 2.28. The van der Waals surface area contributed by atoms with Gasteiger partial charge in [-0.05, 0) is 30.5 Å². The van der Waals surface area contributed by atoms with E-state index in [4.69, 9.17) is 10.1 Å². The van der Waals surface area contributed by atoms with Crippen molar-refractivity contribution in [2.45, 2.75) is 46.0 Å². The number of hydrogen-bond acceptors (Lipinski definition) is 2. The Kier molecular flexibility index (Phi) is 3.80. The second-order valence-electron chi connectivity index (χ2n) is 6.28. The molecule has 1 heterocycles. The third-order valence-corrected chi connectivity index (χ3v) is 3.50. The number of fused-ring (bicyclic) bond motifs is 1. The summed E-state index contributed by atoms with van der Waals surface area (Å²) in [4.78, 5) is 15.6. The van der Waals surface area contributed by atoms with Crippen molar-refractivity contribution in [3.63, 3.8) is 0 Å². The Labute approximate surface area is 119 Å². The quantitative estimate of drug-likeness (QED) is 0.922. The van der Waals surface area contributed by atoms with Gasteiger partial charge >= 0.3 is 5.97 Å². The summed E-state index contributed by atoms with van der Waals surface area (Å²) in [6, 6.07) is 8.13. The highest BCUT2D eigenvalue weighted by atomic mass is 16.4. The largest absolute Gasteiger partial charge is 0.481 e. The van der Waals surface area contributed by atoms with Gasteiger partial charge in [0.25, 0.3) is 0 Å². The molecule has 0 saturated heterocycles. The first-order valence-electron chi connectivity index (χ1n) is 6.90. The number of carboxylic acids is 1. The monoisotopic (exact) mass is 271 g/mol. The molecule has 0 atom stereocenters. The van der Waals surface area contributed by atoms with Crippen LogP contribution in [0.5, 0.6) is 0 Å². The maximum atomic E-state index is 10.8. The van der Waals surface area contributed by atoms with Crippen LogP contribution >= 0.6 is 0 Å². The summed E-state index contributed by atoms with van der Waals surface area (Å²) in [5.74, 6) is -0.764. The zero-order valence-electron chi connectivity index (χ0n) is 12.5. The summed E-state index contributed by atoms with van der Waals surface area (Å²) in [7, 11) is 0. The molecule has 20 heavy (non-hydrogen) atoms. The normalized spacial score (nSPS) is 11.8. The van der Waals surface area contributed by atoms with Gasteiger partial charge in [-0.1, -0.05) is 39.0 Å². The van der Waals surface area contributed by atoms with E-state index in [-0.39, 0.29) is 11.8 Å². The first-order valence-corrected chi connectivity index (χ1v) is 6.90. The smallest absolute Gasteiger partial charge is 0.303 e. The van der Waals surface area contributed by atoms with Crippen LogP contribution in [-0.4, -0.2) is 16.1 Å². The minimum absolute atomic E-state index is 0.0472. The Hall–Kier alpha value is -1.90. The Balaban J connectivity index is 2.63. The zero-order chi connectivity index (χ0) is 14.9. The van der Waals surface area contributed by atoms with Crippen molar-refractivity contribution >= 4 is 16.9 Å². The van der Waals surface area contributed by atoms with Crippen LogP contribution in [0.1, 0.15) is 44.0 Å². The van der Waals surface area contributed by atoms with Gasteiger partial charge in [-0.15, -0.1) is 0 Å². The van der Waals surface area contributed by atoms with Gasteiger partial charge in [-0.2, -0.15) is 0 Å². The van der Waals surface area contributed by atoms with Gasteiger partial charge < -0.3 is 5.11 Å². The van der Waals surface area contributed by atoms with Crippen LogP contribution < -0.4 is 0 Å². The van der Waals surface area contributed by atoms with E-state index in [0.717, 1.165) is 27.7 Å². The number of carbonyl (C=O) groups is 1. The highest BCUT2D eigenvalue weighted by Gasteiger charge is 2.18. The number of aromatic nitrogens is 1. The lowest BCUT2D eigenvalue weighted by Gasteiger charge is -2.20. The van der Waals surface area contributed by atoms with E-state index in [2.05, 4.69) is 26.8 Å². The molecule has 106 valence electrons. The van der Waals surface area contributed by atoms with E-state index >= 15 is 0 Å². The number of para-hydroxylation sites is 1. The average Bonchev–Trinajstić information content (AvgIpc) is 2.35. The van der Waals surface area contributed by atoms with Gasteiger partial charge in [0.15, 0.2) is 0 Å². The fourth-order valence-corrected chi connectivity index (χ4v) is 2.29. The molecule has 1 aromatic heterocycles. The lowest BCUT2D eigenvalue weighted by molar-refractivity contribution is -0.136. The molecular weight excluding hydrogens is 250 g/mol. The van der Waals surface area contributed by atoms with Crippen LogP contribution in [-0.2, 0) is 16.6 Å². The van der Waals surface area contributed by atoms with Crippen LogP contribution in [0.4, 0.5) is 0 Å². The molecule has 3 heteroatoms. The number of carboxylic acid groups (broad SMARTS) is 1. The molecule has 0 fully saturated rings. The Morgan fingerprint density at radius 1 is 1.30 bits per heavy atom. The van der Waals surface area contributed by atoms with E-state index in [1.54, 1.807) is 0 Å². The number of aryl methyl sites for hydroxylation is 2. The molecule has 0 aliphatic heterocycles. The van der Waals surface area contributed by atoms with Gasteiger partial charge in [-0.3, -0.25) is 9.78 Å². The lowest BCUT2D eigenvalue weighted by atomic mass is 9.88. The molecule has 2 aromatic rings. The van der Waals surface area contributed by atoms with Crippen molar-refractivity contribution in [2.75, 3.05) is 0 Å². The number of hydrogen-bond donors (Lipinski definition) is 1. The Morgan fingerprint density at radius 3 is 2.60 bits per heavy atom. The van der Waals surface area contributed by atoms with Gasteiger partial charge in [0, 0.05) is 22.9 Å².